The van der Waals surface area contributed by atoms with Crippen molar-refractivity contribution in [3.63, 3.8) is 0 Å². The van der Waals surface area contributed by atoms with Gasteiger partial charge in [-0.1, -0.05) is 133 Å². The average Bonchev–Trinajstić information content (AvgIpc) is 3.94. The summed E-state index contributed by atoms with van der Waals surface area (Å²) in [7, 11) is 0. The molecule has 0 N–H and O–H groups in total. The predicted octanol–water partition coefficient (Wildman–Crippen LogP) is 14.8. The third-order valence-corrected chi connectivity index (χ3v) is 14.6. The normalized spacial score (nSPS) is 12.4. The molecule has 0 fully saturated rings. The summed E-state index contributed by atoms with van der Waals surface area (Å²) in [4.78, 5) is 4.58. The molecular formula is C60H38BN3O2S. The molecule has 5 nitrogen and oxygen atoms in total. The van der Waals surface area contributed by atoms with Crippen molar-refractivity contribution in [1.29, 1.82) is 0 Å². The Morgan fingerprint density at radius 2 is 0.821 bits per heavy atom. The van der Waals surface area contributed by atoms with Crippen molar-refractivity contribution in [2.24, 2.45) is 0 Å². The molecule has 10 aromatic carbocycles. The van der Waals surface area contributed by atoms with E-state index in [-0.39, 0.29) is 6.71 Å². The highest BCUT2D eigenvalue weighted by molar-refractivity contribution is 7.26. The summed E-state index contributed by atoms with van der Waals surface area (Å²) in [6.45, 7) is -0.197. The highest BCUT2D eigenvalue weighted by Gasteiger charge is 2.43. The Hall–Kier alpha value is -8.52. The fraction of sp³-hybridized carbons (Fsp3) is 0. The maximum atomic E-state index is 7.45. The number of hydrogen-bond acceptors (Lipinski definition) is 5. The van der Waals surface area contributed by atoms with Gasteiger partial charge in [0.2, 0.25) is 0 Å². The minimum Gasteiger partial charge on any atom is -0.458 e. The third-order valence-electron chi connectivity index (χ3n) is 13.4. The second kappa shape index (κ2) is 15.0. The molecule has 12 aromatic rings. The topological polar surface area (TPSA) is 29.9 Å². The van der Waals surface area contributed by atoms with Crippen LogP contribution in [0.5, 0.6) is 23.0 Å². The molecule has 0 saturated heterocycles. The summed E-state index contributed by atoms with van der Waals surface area (Å²) in [5, 5.41) is 4.88. The van der Waals surface area contributed by atoms with E-state index in [2.05, 4.69) is 245 Å². The molecule has 7 heteroatoms. The van der Waals surface area contributed by atoms with E-state index in [1.165, 1.54) is 30.9 Å². The molecule has 0 atom stereocenters. The lowest BCUT2D eigenvalue weighted by atomic mass is 9.34. The van der Waals surface area contributed by atoms with Crippen LogP contribution in [0.2, 0.25) is 0 Å². The lowest BCUT2D eigenvalue weighted by molar-refractivity contribution is 0.465. The summed E-state index contributed by atoms with van der Waals surface area (Å²) < 4.78 is 19.6. The summed E-state index contributed by atoms with van der Waals surface area (Å²) in [5.74, 6) is 3.20. The number of aromatic nitrogens is 1. The van der Waals surface area contributed by atoms with E-state index < -0.39 is 0 Å². The average molecular weight is 876 g/mol. The van der Waals surface area contributed by atoms with Gasteiger partial charge in [0.05, 0.1) is 27.1 Å². The molecule has 0 aliphatic carbocycles. The van der Waals surface area contributed by atoms with Crippen LogP contribution in [0.1, 0.15) is 0 Å². The fourth-order valence-electron chi connectivity index (χ4n) is 10.7. The highest BCUT2D eigenvalue weighted by atomic mass is 32.1. The summed E-state index contributed by atoms with van der Waals surface area (Å²) >= 11 is 1.86. The molecule has 0 unspecified atom stereocenters. The fourth-order valence-corrected chi connectivity index (χ4v) is 11.9. The van der Waals surface area contributed by atoms with Crippen LogP contribution < -0.4 is 35.7 Å². The van der Waals surface area contributed by atoms with E-state index >= 15 is 0 Å². The number of ether oxygens (including phenoxy) is 2. The van der Waals surface area contributed by atoms with Gasteiger partial charge in [0.25, 0.3) is 6.71 Å². The van der Waals surface area contributed by atoms with Crippen molar-refractivity contribution in [2.75, 3.05) is 9.80 Å². The molecule has 0 radical (unpaired) electrons. The predicted molar refractivity (Wildman–Crippen MR) is 281 cm³/mol. The van der Waals surface area contributed by atoms with Gasteiger partial charge < -0.3 is 23.8 Å². The van der Waals surface area contributed by atoms with Crippen molar-refractivity contribution in [2.45, 2.75) is 0 Å². The van der Waals surface area contributed by atoms with Gasteiger partial charge in [0.15, 0.2) is 0 Å². The number of anilines is 6. The largest absolute Gasteiger partial charge is 0.458 e. The zero-order valence-corrected chi connectivity index (χ0v) is 36.9. The second-order valence-corrected chi connectivity index (χ2v) is 18.3. The molecule has 314 valence electrons. The molecule has 0 amide bonds. The lowest BCUT2D eigenvalue weighted by Crippen LogP contribution is -2.57. The molecule has 14 rings (SSSR count). The molecule has 2 aliphatic rings. The monoisotopic (exact) mass is 875 g/mol. The van der Waals surface area contributed by atoms with Gasteiger partial charge in [-0.15, -0.1) is 11.3 Å². The number of thiophene rings is 1. The lowest BCUT2D eigenvalue weighted by Gasteiger charge is -2.36. The zero-order chi connectivity index (χ0) is 44.0. The first-order valence-electron chi connectivity index (χ1n) is 22.7. The van der Waals surface area contributed by atoms with Crippen molar-refractivity contribution < 1.29 is 9.47 Å². The number of para-hydroxylation sites is 6. The van der Waals surface area contributed by atoms with E-state index in [0.717, 1.165) is 90.2 Å². The van der Waals surface area contributed by atoms with Crippen LogP contribution >= 0.6 is 11.3 Å². The van der Waals surface area contributed by atoms with Gasteiger partial charge in [0.1, 0.15) is 23.0 Å². The summed E-state index contributed by atoms with van der Waals surface area (Å²) in [6, 6.07) is 82.0. The van der Waals surface area contributed by atoms with Crippen LogP contribution in [0.25, 0.3) is 47.7 Å². The minimum atomic E-state index is -0.197. The van der Waals surface area contributed by atoms with E-state index in [4.69, 9.17) is 9.47 Å². The van der Waals surface area contributed by atoms with Gasteiger partial charge in [0, 0.05) is 84.4 Å². The van der Waals surface area contributed by atoms with Crippen molar-refractivity contribution >= 4 is 111 Å². The highest BCUT2D eigenvalue weighted by Crippen LogP contribution is 2.48. The minimum absolute atomic E-state index is 0.197. The van der Waals surface area contributed by atoms with E-state index in [1.807, 2.05) is 11.3 Å². The van der Waals surface area contributed by atoms with Crippen LogP contribution in [-0.4, -0.2) is 11.3 Å². The zero-order valence-electron chi connectivity index (χ0n) is 36.1. The van der Waals surface area contributed by atoms with Gasteiger partial charge in [-0.25, -0.2) is 0 Å². The van der Waals surface area contributed by atoms with Crippen LogP contribution in [0, 0.1) is 0 Å². The Morgan fingerprint density at radius 3 is 1.39 bits per heavy atom. The molecule has 0 spiro atoms. The van der Waals surface area contributed by atoms with Crippen LogP contribution in [0.15, 0.2) is 231 Å². The summed E-state index contributed by atoms with van der Waals surface area (Å²) in [5.41, 5.74) is 12.9. The van der Waals surface area contributed by atoms with Gasteiger partial charge >= 0.3 is 0 Å². The third kappa shape index (κ3) is 5.88. The molecular weight excluding hydrogens is 838 g/mol. The van der Waals surface area contributed by atoms with Gasteiger partial charge in [-0.2, -0.15) is 0 Å². The van der Waals surface area contributed by atoms with E-state index in [1.54, 1.807) is 0 Å². The van der Waals surface area contributed by atoms with E-state index in [0.29, 0.717) is 0 Å². The van der Waals surface area contributed by atoms with Gasteiger partial charge in [-0.05, 0) is 83.7 Å². The second-order valence-electron chi connectivity index (χ2n) is 17.2. The maximum Gasteiger partial charge on any atom is 0.261 e. The van der Waals surface area contributed by atoms with Gasteiger partial charge in [-0.3, -0.25) is 0 Å². The number of fused-ring (bicyclic) bond motifs is 11. The molecule has 67 heavy (non-hydrogen) atoms. The maximum absolute atomic E-state index is 7.45. The first kappa shape index (κ1) is 37.8. The SMILES string of the molecule is c1ccc(N(c2ccccc2)c2ccc3c(c2)Oc2cc(N(c4ccccc4)c4ccccc4)cc4c2B3c2c(cc(-n3c5ccccc5c5ccccc53)c3sc5ccccc5c23)O4)cc1. The number of hydrogen-bond donors (Lipinski definition) is 0. The van der Waals surface area contributed by atoms with Crippen LogP contribution in [0.3, 0.4) is 0 Å². The first-order chi connectivity index (χ1) is 33.2. The first-order valence-corrected chi connectivity index (χ1v) is 23.5. The number of benzene rings is 10. The Balaban J connectivity index is 1.06. The number of rotatable bonds is 7. The number of nitrogens with zero attached hydrogens (tertiary/aromatic N) is 3. The molecule has 4 heterocycles. The van der Waals surface area contributed by atoms with Crippen molar-refractivity contribution in [3.8, 4) is 28.7 Å². The van der Waals surface area contributed by atoms with Crippen LogP contribution in [-0.2, 0) is 0 Å². The molecule has 0 bridgehead atoms. The quantitative estimate of drug-likeness (QED) is 0.149. The smallest absolute Gasteiger partial charge is 0.261 e. The van der Waals surface area contributed by atoms with Crippen molar-refractivity contribution in [3.05, 3.63) is 231 Å². The van der Waals surface area contributed by atoms with E-state index in [9.17, 15) is 0 Å². The molecule has 0 saturated carbocycles. The summed E-state index contributed by atoms with van der Waals surface area (Å²) in [6.07, 6.45) is 0. The Labute approximate surface area is 391 Å². The van der Waals surface area contributed by atoms with Crippen molar-refractivity contribution in [1.82, 2.24) is 4.57 Å². The Bertz CT molecular complexity index is 3760. The Kier molecular flexibility index (Phi) is 8.48. The molecule has 2 aliphatic heterocycles. The molecule has 2 aromatic heterocycles. The standard InChI is InChI=1S/C60H38BN3O2S/c1-5-19-39(20-6-1)62(40-21-7-2-8-22-40)43-33-34-48-52(35-43)65-53-36-44(63(41-23-9-3-10-24-41)42-25-11-4-12-26-42)37-54-58(53)61(48)59-55(66-54)38-51(60-57(59)47-29-15-18-32-56(47)67-60)64-49-30-16-13-27-45(49)46-28-14-17-31-50(46)64/h1-38H. The van der Waals surface area contributed by atoms with Crippen LogP contribution in [0.4, 0.5) is 34.1 Å². The Morgan fingerprint density at radius 1 is 0.373 bits per heavy atom.